The molecule has 0 aromatic heterocycles. The molecule has 0 aromatic carbocycles. The van der Waals surface area contributed by atoms with Crippen molar-refractivity contribution in [3.63, 3.8) is 0 Å². The van der Waals surface area contributed by atoms with E-state index < -0.39 is 0 Å². The second-order valence-electron chi connectivity index (χ2n) is 6.95. The van der Waals surface area contributed by atoms with Crippen LogP contribution in [0.2, 0.25) is 0 Å². The standard InChI is InChI=1S/C15H27N/c1-6-7-12(2)13-8-14(3,4)10-15(5,9-13)11-16/h12-13H,6-10H2,1-5H3. The molecule has 0 bridgehead atoms. The fraction of sp³-hybridized carbons (Fsp3) is 0.933. The van der Waals surface area contributed by atoms with E-state index in [1.807, 2.05) is 0 Å². The van der Waals surface area contributed by atoms with Crippen molar-refractivity contribution in [2.75, 3.05) is 0 Å². The van der Waals surface area contributed by atoms with Gasteiger partial charge >= 0.3 is 0 Å². The summed E-state index contributed by atoms with van der Waals surface area (Å²) in [5, 5.41) is 9.36. The molecule has 1 fully saturated rings. The van der Waals surface area contributed by atoms with Gasteiger partial charge in [-0.3, -0.25) is 0 Å². The monoisotopic (exact) mass is 221 g/mol. The highest BCUT2D eigenvalue weighted by Gasteiger charge is 2.42. The van der Waals surface area contributed by atoms with E-state index in [-0.39, 0.29) is 5.41 Å². The molecule has 3 unspecified atom stereocenters. The van der Waals surface area contributed by atoms with Crippen molar-refractivity contribution >= 4 is 0 Å². The minimum absolute atomic E-state index is 0.0889. The predicted molar refractivity (Wildman–Crippen MR) is 68.9 cm³/mol. The lowest BCUT2D eigenvalue weighted by Gasteiger charge is -2.45. The molecule has 1 rings (SSSR count). The largest absolute Gasteiger partial charge is 0.198 e. The van der Waals surface area contributed by atoms with Gasteiger partial charge in [0.2, 0.25) is 0 Å². The van der Waals surface area contributed by atoms with Crippen LogP contribution in [0.5, 0.6) is 0 Å². The molecular weight excluding hydrogens is 194 g/mol. The van der Waals surface area contributed by atoms with Crippen LogP contribution in [0.15, 0.2) is 0 Å². The SMILES string of the molecule is CCCC(C)C1CC(C)(C)CC(C)(C#N)C1. The van der Waals surface area contributed by atoms with Crippen molar-refractivity contribution in [3.05, 3.63) is 0 Å². The summed E-state index contributed by atoms with van der Waals surface area (Å²) in [6, 6.07) is 2.56. The van der Waals surface area contributed by atoms with E-state index in [9.17, 15) is 5.26 Å². The summed E-state index contributed by atoms with van der Waals surface area (Å²) in [7, 11) is 0. The summed E-state index contributed by atoms with van der Waals surface area (Å²) in [5.74, 6) is 1.52. The van der Waals surface area contributed by atoms with E-state index in [0.717, 1.165) is 24.7 Å². The molecule has 1 aliphatic rings. The summed E-state index contributed by atoms with van der Waals surface area (Å²) in [5.41, 5.74) is 0.254. The third kappa shape index (κ3) is 3.24. The van der Waals surface area contributed by atoms with E-state index >= 15 is 0 Å². The Hall–Kier alpha value is -0.510. The van der Waals surface area contributed by atoms with Gasteiger partial charge in [0.05, 0.1) is 11.5 Å². The Morgan fingerprint density at radius 1 is 1.31 bits per heavy atom. The lowest BCUT2D eigenvalue weighted by molar-refractivity contribution is 0.0623. The van der Waals surface area contributed by atoms with Gasteiger partial charge in [-0.15, -0.1) is 0 Å². The summed E-state index contributed by atoms with van der Waals surface area (Å²) in [6.45, 7) is 11.4. The zero-order chi connectivity index (χ0) is 12.4. The molecule has 1 saturated carbocycles. The molecule has 0 heterocycles. The highest BCUT2D eigenvalue weighted by molar-refractivity contribution is 5.03. The molecule has 1 heteroatoms. The fourth-order valence-electron chi connectivity index (χ4n) is 3.74. The summed E-state index contributed by atoms with van der Waals surface area (Å²) >= 11 is 0. The van der Waals surface area contributed by atoms with Gasteiger partial charge < -0.3 is 0 Å². The van der Waals surface area contributed by atoms with Gasteiger partial charge in [0.25, 0.3) is 0 Å². The Morgan fingerprint density at radius 2 is 1.94 bits per heavy atom. The highest BCUT2D eigenvalue weighted by Crippen LogP contribution is 2.50. The van der Waals surface area contributed by atoms with Crippen LogP contribution in [0.3, 0.4) is 0 Å². The number of rotatable bonds is 3. The third-order valence-electron chi connectivity index (χ3n) is 4.21. The third-order valence-corrected chi connectivity index (χ3v) is 4.21. The van der Waals surface area contributed by atoms with E-state index in [4.69, 9.17) is 0 Å². The maximum atomic E-state index is 9.36. The van der Waals surface area contributed by atoms with E-state index in [0.29, 0.717) is 5.41 Å². The molecule has 1 aliphatic carbocycles. The number of nitriles is 1. The molecule has 0 aromatic rings. The second-order valence-corrected chi connectivity index (χ2v) is 6.95. The molecule has 1 nitrogen and oxygen atoms in total. The summed E-state index contributed by atoms with van der Waals surface area (Å²) < 4.78 is 0. The summed E-state index contributed by atoms with van der Waals surface area (Å²) in [4.78, 5) is 0. The Labute approximate surface area is 101 Å². The van der Waals surface area contributed by atoms with Gasteiger partial charge in [0.1, 0.15) is 0 Å². The average Bonchev–Trinajstić information content (AvgIpc) is 2.15. The van der Waals surface area contributed by atoms with Gasteiger partial charge in [0, 0.05) is 0 Å². The molecule has 0 aliphatic heterocycles. The quantitative estimate of drug-likeness (QED) is 0.673. The summed E-state index contributed by atoms with van der Waals surface area (Å²) in [6.07, 6.45) is 6.04. The van der Waals surface area contributed by atoms with Gasteiger partial charge in [0.15, 0.2) is 0 Å². The van der Waals surface area contributed by atoms with Crippen molar-refractivity contribution < 1.29 is 0 Å². The van der Waals surface area contributed by atoms with Gasteiger partial charge in [-0.25, -0.2) is 0 Å². The molecule has 0 radical (unpaired) electrons. The second kappa shape index (κ2) is 4.78. The normalized spacial score (nSPS) is 35.4. The fourth-order valence-corrected chi connectivity index (χ4v) is 3.74. The van der Waals surface area contributed by atoms with E-state index in [2.05, 4.69) is 40.7 Å². The molecule has 0 amide bonds. The zero-order valence-corrected chi connectivity index (χ0v) is 11.6. The zero-order valence-electron chi connectivity index (χ0n) is 11.6. The first-order chi connectivity index (χ1) is 7.32. The molecule has 3 atom stereocenters. The average molecular weight is 221 g/mol. The van der Waals surface area contributed by atoms with Gasteiger partial charge in [-0.05, 0) is 43.4 Å². The predicted octanol–water partition coefficient (Wildman–Crippen LogP) is 4.78. The van der Waals surface area contributed by atoms with Crippen LogP contribution < -0.4 is 0 Å². The van der Waals surface area contributed by atoms with Gasteiger partial charge in [-0.2, -0.15) is 5.26 Å². The molecular formula is C15H27N. The molecule has 0 N–H and O–H groups in total. The smallest absolute Gasteiger partial charge is 0.0687 e. The molecule has 16 heavy (non-hydrogen) atoms. The van der Waals surface area contributed by atoms with Crippen molar-refractivity contribution in [3.8, 4) is 6.07 Å². The first kappa shape index (κ1) is 13.6. The maximum Gasteiger partial charge on any atom is 0.0687 e. The topological polar surface area (TPSA) is 23.8 Å². The Balaban J connectivity index is 2.77. The van der Waals surface area contributed by atoms with E-state index in [1.165, 1.54) is 19.3 Å². The van der Waals surface area contributed by atoms with Crippen molar-refractivity contribution in [2.24, 2.45) is 22.7 Å². The van der Waals surface area contributed by atoms with Crippen LogP contribution in [0.25, 0.3) is 0 Å². The highest BCUT2D eigenvalue weighted by atomic mass is 14.5. The van der Waals surface area contributed by atoms with Gasteiger partial charge in [-0.1, -0.05) is 40.5 Å². The Kier molecular flexibility index (Phi) is 4.05. The van der Waals surface area contributed by atoms with Crippen molar-refractivity contribution in [1.29, 1.82) is 5.26 Å². The minimum atomic E-state index is -0.0889. The van der Waals surface area contributed by atoms with Crippen LogP contribution in [0.1, 0.15) is 66.7 Å². The van der Waals surface area contributed by atoms with Crippen molar-refractivity contribution in [2.45, 2.75) is 66.7 Å². The lowest BCUT2D eigenvalue weighted by Crippen LogP contribution is -2.37. The van der Waals surface area contributed by atoms with Crippen LogP contribution in [-0.2, 0) is 0 Å². The number of hydrogen-bond acceptors (Lipinski definition) is 1. The Bertz CT molecular complexity index is 274. The molecule has 92 valence electrons. The maximum absolute atomic E-state index is 9.36. The molecule has 0 saturated heterocycles. The number of hydrogen-bond donors (Lipinski definition) is 0. The lowest BCUT2D eigenvalue weighted by atomic mass is 9.58. The van der Waals surface area contributed by atoms with Crippen molar-refractivity contribution in [1.82, 2.24) is 0 Å². The first-order valence-electron chi connectivity index (χ1n) is 6.73. The minimum Gasteiger partial charge on any atom is -0.198 e. The Morgan fingerprint density at radius 3 is 2.44 bits per heavy atom. The van der Waals surface area contributed by atoms with Crippen LogP contribution in [-0.4, -0.2) is 0 Å². The first-order valence-corrected chi connectivity index (χ1v) is 6.73. The van der Waals surface area contributed by atoms with Crippen LogP contribution in [0, 0.1) is 34.0 Å². The molecule has 0 spiro atoms. The van der Waals surface area contributed by atoms with Crippen LogP contribution in [0.4, 0.5) is 0 Å². The van der Waals surface area contributed by atoms with Crippen LogP contribution >= 0.6 is 0 Å². The van der Waals surface area contributed by atoms with E-state index in [1.54, 1.807) is 0 Å². The number of nitrogens with zero attached hydrogens (tertiary/aromatic N) is 1.